The van der Waals surface area contributed by atoms with E-state index >= 15 is 0 Å². The van der Waals surface area contributed by atoms with Crippen LogP contribution in [0.2, 0.25) is 0 Å². The van der Waals surface area contributed by atoms with Gasteiger partial charge in [-0.1, -0.05) is 20.8 Å². The van der Waals surface area contributed by atoms with E-state index in [9.17, 15) is 10.4 Å². The minimum Gasteiger partial charge on any atom is -0.388 e. The summed E-state index contributed by atoms with van der Waals surface area (Å²) in [6, 6.07) is 2.47. The van der Waals surface area contributed by atoms with E-state index in [0.717, 1.165) is 38.5 Å². The van der Waals surface area contributed by atoms with E-state index in [4.69, 9.17) is 0 Å². The van der Waals surface area contributed by atoms with Gasteiger partial charge in [0, 0.05) is 0 Å². The molecule has 0 amide bonds. The van der Waals surface area contributed by atoms with Crippen LogP contribution in [0.25, 0.3) is 0 Å². The van der Waals surface area contributed by atoms with E-state index in [2.05, 4.69) is 26.8 Å². The van der Waals surface area contributed by atoms with Crippen LogP contribution in [0.5, 0.6) is 0 Å². The Morgan fingerprint density at radius 3 is 2.00 bits per heavy atom. The van der Waals surface area contributed by atoms with Crippen LogP contribution in [0.1, 0.15) is 59.3 Å². The van der Waals surface area contributed by atoms with Crippen molar-refractivity contribution >= 4 is 0 Å². The number of aliphatic hydroxyl groups is 1. The zero-order valence-corrected chi connectivity index (χ0v) is 10.7. The van der Waals surface area contributed by atoms with E-state index < -0.39 is 11.0 Å². The third-order valence-electron chi connectivity index (χ3n) is 4.93. The number of hydrogen-bond donors (Lipinski definition) is 1. The van der Waals surface area contributed by atoms with Gasteiger partial charge in [0.25, 0.3) is 0 Å². The Morgan fingerprint density at radius 2 is 1.62 bits per heavy atom. The number of nitrogens with zero attached hydrogens (tertiary/aromatic N) is 1. The fraction of sp³-hybridized carbons (Fsp3) is 0.929. The van der Waals surface area contributed by atoms with Crippen molar-refractivity contribution < 1.29 is 5.11 Å². The van der Waals surface area contributed by atoms with Gasteiger partial charge >= 0.3 is 0 Å². The molecule has 16 heavy (non-hydrogen) atoms. The summed E-state index contributed by atoms with van der Waals surface area (Å²) in [6.45, 7) is 6.69. The second-order valence-corrected chi connectivity index (χ2v) is 6.90. The van der Waals surface area contributed by atoms with Gasteiger partial charge in [0.05, 0.1) is 17.1 Å². The van der Waals surface area contributed by atoms with Crippen molar-refractivity contribution in [3.05, 3.63) is 0 Å². The highest BCUT2D eigenvalue weighted by atomic mass is 16.3. The van der Waals surface area contributed by atoms with Gasteiger partial charge in [-0.2, -0.15) is 5.26 Å². The van der Waals surface area contributed by atoms with Crippen molar-refractivity contribution in [1.82, 2.24) is 0 Å². The van der Waals surface area contributed by atoms with Gasteiger partial charge in [0.2, 0.25) is 0 Å². The fourth-order valence-electron chi connectivity index (χ4n) is 3.52. The Bertz CT molecular complexity index is 310. The van der Waals surface area contributed by atoms with E-state index in [1.165, 1.54) is 0 Å². The van der Waals surface area contributed by atoms with Crippen molar-refractivity contribution in [3.8, 4) is 6.07 Å². The maximum Gasteiger partial charge on any atom is 0.0860 e. The highest BCUT2D eigenvalue weighted by Gasteiger charge is 2.58. The van der Waals surface area contributed by atoms with Crippen molar-refractivity contribution in [2.45, 2.75) is 64.9 Å². The van der Waals surface area contributed by atoms with Crippen LogP contribution in [-0.2, 0) is 0 Å². The molecule has 0 aromatic rings. The lowest BCUT2D eigenvalue weighted by Crippen LogP contribution is -2.57. The Balaban J connectivity index is 2.14. The molecule has 90 valence electrons. The molecule has 1 N–H and O–H groups in total. The number of hydrogen-bond acceptors (Lipinski definition) is 2. The van der Waals surface area contributed by atoms with Crippen molar-refractivity contribution in [2.75, 3.05) is 0 Å². The van der Waals surface area contributed by atoms with Crippen LogP contribution >= 0.6 is 0 Å². The molecule has 2 fully saturated rings. The summed E-state index contributed by atoms with van der Waals surface area (Å²) >= 11 is 0. The second-order valence-electron chi connectivity index (χ2n) is 6.90. The van der Waals surface area contributed by atoms with Gasteiger partial charge in [-0.3, -0.25) is 0 Å². The molecular weight excluding hydrogens is 198 g/mol. The highest BCUT2D eigenvalue weighted by Crippen LogP contribution is 2.57. The number of nitriles is 1. The topological polar surface area (TPSA) is 44.0 Å². The average Bonchev–Trinajstić information content (AvgIpc) is 2.16. The quantitative estimate of drug-likeness (QED) is 0.738. The molecule has 2 heteroatoms. The van der Waals surface area contributed by atoms with E-state index in [1.54, 1.807) is 0 Å². The molecule has 0 aromatic carbocycles. The van der Waals surface area contributed by atoms with Crippen molar-refractivity contribution in [2.24, 2.45) is 16.7 Å². The lowest BCUT2D eigenvalue weighted by molar-refractivity contribution is -0.159. The van der Waals surface area contributed by atoms with Gasteiger partial charge in [-0.25, -0.2) is 0 Å². The summed E-state index contributed by atoms with van der Waals surface area (Å²) in [4.78, 5) is 0. The molecule has 0 bridgehead atoms. The van der Waals surface area contributed by atoms with E-state index in [1.807, 2.05) is 0 Å². The maximum absolute atomic E-state index is 10.6. The third-order valence-corrected chi connectivity index (χ3v) is 4.93. The molecule has 2 rings (SSSR count). The largest absolute Gasteiger partial charge is 0.388 e. The molecule has 0 aromatic heterocycles. The van der Waals surface area contributed by atoms with Gasteiger partial charge in [-0.05, 0) is 49.9 Å². The first-order valence-electron chi connectivity index (χ1n) is 6.46. The fourth-order valence-corrected chi connectivity index (χ4v) is 3.52. The van der Waals surface area contributed by atoms with Crippen molar-refractivity contribution in [1.29, 1.82) is 5.26 Å². The summed E-state index contributed by atoms with van der Waals surface area (Å²) in [5.41, 5.74) is -0.779. The van der Waals surface area contributed by atoms with Crippen LogP contribution < -0.4 is 0 Å². The molecular formula is C14H23NO. The molecule has 0 saturated heterocycles. The van der Waals surface area contributed by atoms with Gasteiger partial charge in [-0.15, -0.1) is 0 Å². The molecule has 2 aliphatic rings. The van der Waals surface area contributed by atoms with Gasteiger partial charge in [0.15, 0.2) is 0 Å². The Labute approximate surface area is 98.7 Å². The first-order chi connectivity index (χ1) is 7.33. The zero-order valence-electron chi connectivity index (χ0n) is 10.7. The lowest BCUT2D eigenvalue weighted by atomic mass is 9.51. The normalized spacial score (nSPS) is 40.8. The second kappa shape index (κ2) is 3.47. The summed E-state index contributed by atoms with van der Waals surface area (Å²) in [5.74, 6) is 0.588. The number of rotatable bonds is 1. The molecule has 2 nitrogen and oxygen atoms in total. The zero-order chi connectivity index (χ0) is 12.0. The molecule has 0 spiro atoms. The summed E-state index contributed by atoms with van der Waals surface area (Å²) in [6.07, 6.45) is 5.52. The Kier molecular flexibility index (Phi) is 2.58. The van der Waals surface area contributed by atoms with Crippen LogP contribution in [0.3, 0.4) is 0 Å². The first-order valence-corrected chi connectivity index (χ1v) is 6.46. The molecule has 0 aliphatic heterocycles. The molecule has 2 saturated carbocycles. The van der Waals surface area contributed by atoms with Crippen molar-refractivity contribution in [3.63, 3.8) is 0 Å². The summed E-state index contributed by atoms with van der Waals surface area (Å²) in [5, 5.41) is 20.1. The predicted octanol–water partition coefficient (Wildman–Crippen LogP) is 3.26. The van der Waals surface area contributed by atoms with Gasteiger partial charge < -0.3 is 5.11 Å². The Morgan fingerprint density at radius 1 is 1.12 bits per heavy atom. The molecule has 0 heterocycles. The summed E-state index contributed by atoms with van der Waals surface area (Å²) in [7, 11) is 0. The van der Waals surface area contributed by atoms with Crippen LogP contribution in [0.15, 0.2) is 0 Å². The first kappa shape index (κ1) is 11.9. The smallest absolute Gasteiger partial charge is 0.0860 e. The van der Waals surface area contributed by atoms with Gasteiger partial charge in [0.1, 0.15) is 0 Å². The molecule has 2 aliphatic carbocycles. The minimum atomic E-state index is -0.683. The third kappa shape index (κ3) is 1.66. The SMILES string of the molecule is CC1CC(O)(C2(C#N)CCC(C)(C)CC2)C1. The maximum atomic E-state index is 10.6. The molecule has 0 unspecified atom stereocenters. The predicted molar refractivity (Wildman–Crippen MR) is 63.6 cm³/mol. The average molecular weight is 221 g/mol. The minimum absolute atomic E-state index is 0.353. The molecule has 0 radical (unpaired) electrons. The van der Waals surface area contributed by atoms with Crippen LogP contribution in [0.4, 0.5) is 0 Å². The standard InChI is InChI=1S/C14H23NO/c1-11-8-14(16,9-11)13(10-15)6-4-12(2,3)5-7-13/h11,16H,4-9H2,1-3H3. The summed E-state index contributed by atoms with van der Waals surface area (Å²) < 4.78 is 0. The monoisotopic (exact) mass is 221 g/mol. The van der Waals surface area contributed by atoms with E-state index in [-0.39, 0.29) is 0 Å². The molecule has 0 atom stereocenters. The van der Waals surface area contributed by atoms with E-state index in [0.29, 0.717) is 11.3 Å². The van der Waals surface area contributed by atoms with Crippen LogP contribution in [0, 0.1) is 28.1 Å². The highest BCUT2D eigenvalue weighted by molar-refractivity contribution is 5.17. The Hall–Kier alpha value is -0.550. The lowest BCUT2D eigenvalue weighted by Gasteiger charge is -2.55. The van der Waals surface area contributed by atoms with Crippen LogP contribution in [-0.4, -0.2) is 10.7 Å².